The second-order valence-electron chi connectivity index (χ2n) is 4.55. The van der Waals surface area contributed by atoms with Gasteiger partial charge in [-0.2, -0.15) is 5.10 Å². The maximum Gasteiger partial charge on any atom is 0.255 e. The maximum absolute atomic E-state index is 12.0. The summed E-state index contributed by atoms with van der Waals surface area (Å²) < 4.78 is 1.88. The first kappa shape index (κ1) is 13.3. The Hall–Kier alpha value is -2.10. The molecule has 2 rings (SSSR count). The lowest BCUT2D eigenvalue weighted by Crippen LogP contribution is -2.24. The molecule has 0 aliphatic rings. The summed E-state index contributed by atoms with van der Waals surface area (Å²) in [6, 6.07) is 10.1. The van der Waals surface area contributed by atoms with E-state index in [2.05, 4.69) is 22.5 Å². The van der Waals surface area contributed by atoms with Crippen LogP contribution in [0.2, 0.25) is 0 Å². The molecular formula is C15H19N3O. The van der Waals surface area contributed by atoms with Crippen molar-refractivity contribution in [2.24, 2.45) is 0 Å². The molecule has 4 heteroatoms. The molecule has 0 aliphatic carbocycles. The van der Waals surface area contributed by atoms with Crippen LogP contribution in [0.15, 0.2) is 30.3 Å². The van der Waals surface area contributed by atoms with Crippen molar-refractivity contribution < 1.29 is 4.79 Å². The number of amides is 1. The third kappa shape index (κ3) is 2.84. The normalized spacial score (nSPS) is 10.5. The highest BCUT2D eigenvalue weighted by atomic mass is 16.1. The van der Waals surface area contributed by atoms with Crippen LogP contribution in [-0.4, -0.2) is 22.2 Å². The second-order valence-corrected chi connectivity index (χ2v) is 4.55. The zero-order valence-electron chi connectivity index (χ0n) is 11.6. The molecule has 1 amide bonds. The average Bonchev–Trinajstić information content (AvgIpc) is 2.66. The van der Waals surface area contributed by atoms with Gasteiger partial charge >= 0.3 is 0 Å². The van der Waals surface area contributed by atoms with Crippen LogP contribution >= 0.6 is 0 Å². The van der Waals surface area contributed by atoms with Gasteiger partial charge in [0.05, 0.1) is 17.8 Å². The van der Waals surface area contributed by atoms with Crippen LogP contribution in [0.5, 0.6) is 0 Å². The molecule has 2 aromatic rings. The smallest absolute Gasteiger partial charge is 0.255 e. The Morgan fingerprint density at radius 3 is 2.58 bits per heavy atom. The number of carbonyl (C=O) groups is 1. The minimum absolute atomic E-state index is 0.0446. The van der Waals surface area contributed by atoms with Gasteiger partial charge in [-0.15, -0.1) is 0 Å². The summed E-state index contributed by atoms with van der Waals surface area (Å²) in [5.74, 6) is -0.0446. The fourth-order valence-corrected chi connectivity index (χ4v) is 2.18. The van der Waals surface area contributed by atoms with Gasteiger partial charge in [-0.1, -0.05) is 30.3 Å². The van der Waals surface area contributed by atoms with Crippen molar-refractivity contribution in [3.05, 3.63) is 52.8 Å². The summed E-state index contributed by atoms with van der Waals surface area (Å²) in [4.78, 5) is 12.0. The van der Waals surface area contributed by atoms with Gasteiger partial charge in [-0.3, -0.25) is 9.48 Å². The molecule has 0 saturated heterocycles. The van der Waals surface area contributed by atoms with E-state index in [-0.39, 0.29) is 5.91 Å². The third-order valence-electron chi connectivity index (χ3n) is 3.12. The molecule has 0 fully saturated rings. The van der Waals surface area contributed by atoms with Gasteiger partial charge in [-0.05, 0) is 26.3 Å². The molecule has 1 N–H and O–H groups in total. The lowest BCUT2D eigenvalue weighted by molar-refractivity contribution is 0.0954. The number of carbonyl (C=O) groups excluding carboxylic acids is 1. The van der Waals surface area contributed by atoms with Gasteiger partial charge in [0.25, 0.3) is 5.91 Å². The van der Waals surface area contributed by atoms with E-state index in [1.807, 2.05) is 43.7 Å². The first-order valence-corrected chi connectivity index (χ1v) is 6.49. The van der Waals surface area contributed by atoms with Gasteiger partial charge in [0.2, 0.25) is 0 Å². The SMILES string of the molecule is CCNC(=O)c1c(C)nn(Cc2ccccc2)c1C. The van der Waals surface area contributed by atoms with Crippen molar-refractivity contribution in [1.29, 1.82) is 0 Å². The number of rotatable bonds is 4. The fourth-order valence-electron chi connectivity index (χ4n) is 2.18. The van der Waals surface area contributed by atoms with Crippen molar-refractivity contribution in [3.63, 3.8) is 0 Å². The van der Waals surface area contributed by atoms with Gasteiger partial charge in [0.15, 0.2) is 0 Å². The van der Waals surface area contributed by atoms with Crippen LogP contribution in [0.25, 0.3) is 0 Å². The number of nitrogens with one attached hydrogen (secondary N) is 1. The summed E-state index contributed by atoms with van der Waals surface area (Å²) in [5.41, 5.74) is 3.56. The zero-order valence-corrected chi connectivity index (χ0v) is 11.6. The van der Waals surface area contributed by atoms with Crippen molar-refractivity contribution in [2.45, 2.75) is 27.3 Å². The minimum Gasteiger partial charge on any atom is -0.352 e. The van der Waals surface area contributed by atoms with Crippen molar-refractivity contribution in [3.8, 4) is 0 Å². The van der Waals surface area contributed by atoms with Crippen molar-refractivity contribution in [2.75, 3.05) is 6.54 Å². The topological polar surface area (TPSA) is 46.9 Å². The Kier molecular flexibility index (Phi) is 4.00. The summed E-state index contributed by atoms with van der Waals surface area (Å²) in [6.07, 6.45) is 0. The van der Waals surface area contributed by atoms with E-state index >= 15 is 0 Å². The highest BCUT2D eigenvalue weighted by Crippen LogP contribution is 2.14. The molecule has 4 nitrogen and oxygen atoms in total. The standard InChI is InChI=1S/C15H19N3O/c1-4-16-15(19)14-11(2)17-18(12(14)3)10-13-8-6-5-7-9-13/h5-9H,4,10H2,1-3H3,(H,16,19). The van der Waals surface area contributed by atoms with Gasteiger partial charge in [0.1, 0.15) is 0 Å². The Morgan fingerprint density at radius 1 is 1.26 bits per heavy atom. The van der Waals surface area contributed by atoms with Crippen LogP contribution < -0.4 is 5.32 Å². The lowest BCUT2D eigenvalue weighted by atomic mass is 10.2. The van der Waals surface area contributed by atoms with E-state index in [1.54, 1.807) is 0 Å². The van der Waals surface area contributed by atoms with Crippen LogP contribution in [0.1, 0.15) is 34.2 Å². The molecule has 0 spiro atoms. The first-order chi connectivity index (χ1) is 9.13. The molecule has 0 unspecified atom stereocenters. The van der Waals surface area contributed by atoms with E-state index in [0.717, 1.165) is 11.4 Å². The number of hydrogen-bond acceptors (Lipinski definition) is 2. The quantitative estimate of drug-likeness (QED) is 0.913. The fraction of sp³-hybridized carbons (Fsp3) is 0.333. The van der Waals surface area contributed by atoms with Crippen LogP contribution in [0.3, 0.4) is 0 Å². The molecule has 0 bridgehead atoms. The van der Waals surface area contributed by atoms with E-state index in [1.165, 1.54) is 5.56 Å². The molecule has 0 atom stereocenters. The predicted octanol–water partition coefficient (Wildman–Crippen LogP) is 2.30. The molecular weight excluding hydrogens is 238 g/mol. The molecule has 0 aliphatic heterocycles. The highest BCUT2D eigenvalue weighted by molar-refractivity contribution is 5.96. The number of benzene rings is 1. The average molecular weight is 257 g/mol. The number of aryl methyl sites for hydroxylation is 1. The Morgan fingerprint density at radius 2 is 1.95 bits per heavy atom. The Balaban J connectivity index is 2.29. The molecule has 1 aromatic heterocycles. The van der Waals surface area contributed by atoms with Crippen molar-refractivity contribution >= 4 is 5.91 Å². The monoisotopic (exact) mass is 257 g/mol. The van der Waals surface area contributed by atoms with Gasteiger partial charge < -0.3 is 5.32 Å². The molecule has 0 saturated carbocycles. The molecule has 0 radical (unpaired) electrons. The molecule has 100 valence electrons. The lowest BCUT2D eigenvalue weighted by Gasteiger charge is -2.05. The van der Waals surface area contributed by atoms with Crippen LogP contribution in [0, 0.1) is 13.8 Å². The molecule has 1 aromatic carbocycles. The van der Waals surface area contributed by atoms with Crippen LogP contribution in [0.4, 0.5) is 0 Å². The van der Waals surface area contributed by atoms with Gasteiger partial charge in [0, 0.05) is 12.2 Å². The molecule has 1 heterocycles. The van der Waals surface area contributed by atoms with E-state index in [9.17, 15) is 4.79 Å². The first-order valence-electron chi connectivity index (χ1n) is 6.49. The number of hydrogen-bond donors (Lipinski definition) is 1. The third-order valence-corrected chi connectivity index (χ3v) is 3.12. The number of nitrogens with zero attached hydrogens (tertiary/aromatic N) is 2. The minimum atomic E-state index is -0.0446. The Labute approximate surface area is 113 Å². The summed E-state index contributed by atoms with van der Waals surface area (Å²) in [7, 11) is 0. The summed E-state index contributed by atoms with van der Waals surface area (Å²) in [6.45, 7) is 7.04. The van der Waals surface area contributed by atoms with E-state index < -0.39 is 0 Å². The largest absolute Gasteiger partial charge is 0.352 e. The second kappa shape index (κ2) is 5.69. The molecule has 19 heavy (non-hydrogen) atoms. The maximum atomic E-state index is 12.0. The highest BCUT2D eigenvalue weighted by Gasteiger charge is 2.17. The van der Waals surface area contributed by atoms with E-state index in [4.69, 9.17) is 0 Å². The zero-order chi connectivity index (χ0) is 13.8. The van der Waals surface area contributed by atoms with Gasteiger partial charge in [-0.25, -0.2) is 0 Å². The predicted molar refractivity (Wildman–Crippen MR) is 75.3 cm³/mol. The van der Waals surface area contributed by atoms with Crippen molar-refractivity contribution in [1.82, 2.24) is 15.1 Å². The van der Waals surface area contributed by atoms with Crippen LogP contribution in [-0.2, 0) is 6.54 Å². The number of aromatic nitrogens is 2. The summed E-state index contributed by atoms with van der Waals surface area (Å²) >= 11 is 0. The Bertz CT molecular complexity index is 573. The van der Waals surface area contributed by atoms with E-state index in [0.29, 0.717) is 18.7 Å². The summed E-state index contributed by atoms with van der Waals surface area (Å²) in [5, 5.41) is 7.29.